The third-order valence-corrected chi connectivity index (χ3v) is 4.87. The van der Waals surface area contributed by atoms with E-state index in [0.717, 1.165) is 17.4 Å². The Labute approximate surface area is 160 Å². The zero-order chi connectivity index (χ0) is 19.0. The predicted octanol–water partition coefficient (Wildman–Crippen LogP) is 4.28. The van der Waals surface area contributed by atoms with Gasteiger partial charge in [0, 0.05) is 23.5 Å². The molecule has 4 rings (SSSR count). The van der Waals surface area contributed by atoms with Crippen LogP contribution in [0.3, 0.4) is 0 Å². The van der Waals surface area contributed by atoms with E-state index < -0.39 is 11.8 Å². The quantitative estimate of drug-likeness (QED) is 0.528. The lowest BCUT2D eigenvalue weighted by molar-refractivity contribution is 0.0733. The standard InChI is InChI=1S/C20H17ClN2O4/c21-13-8-9-16-15(12-13)17(19(25)27-14-6-2-1-3-7-14)18(24)23(16)20(26)22-10-4-5-11-22/h1-3,6-9,12,24H,4-5,10-11H2. The first kappa shape index (κ1) is 17.4. The third kappa shape index (κ3) is 3.13. The molecule has 0 bridgehead atoms. The molecule has 0 unspecified atom stereocenters. The predicted molar refractivity (Wildman–Crippen MR) is 102 cm³/mol. The number of carbonyl (C=O) groups excluding carboxylic acids is 2. The Morgan fingerprint density at radius 2 is 1.74 bits per heavy atom. The second-order valence-corrected chi connectivity index (χ2v) is 6.81. The Hall–Kier alpha value is -2.99. The molecule has 1 aliphatic rings. The molecular weight excluding hydrogens is 368 g/mol. The van der Waals surface area contributed by atoms with Crippen LogP contribution in [0.1, 0.15) is 23.2 Å². The lowest BCUT2D eigenvalue weighted by Crippen LogP contribution is -2.31. The Kier molecular flexibility index (Phi) is 4.49. The number of hydrogen-bond donors (Lipinski definition) is 1. The number of likely N-dealkylation sites (tertiary alicyclic amines) is 1. The molecule has 6 nitrogen and oxygen atoms in total. The van der Waals surface area contributed by atoms with Gasteiger partial charge in [-0.3, -0.25) is 0 Å². The summed E-state index contributed by atoms with van der Waals surface area (Å²) in [6.45, 7) is 1.24. The summed E-state index contributed by atoms with van der Waals surface area (Å²) >= 11 is 6.09. The normalized spacial score (nSPS) is 13.9. The zero-order valence-corrected chi connectivity index (χ0v) is 15.1. The molecular formula is C20H17ClN2O4. The maximum atomic E-state index is 12.9. The summed E-state index contributed by atoms with van der Waals surface area (Å²) in [7, 11) is 0. The van der Waals surface area contributed by atoms with Gasteiger partial charge in [-0.15, -0.1) is 0 Å². The van der Waals surface area contributed by atoms with E-state index in [1.54, 1.807) is 53.4 Å². The Morgan fingerprint density at radius 1 is 1.04 bits per heavy atom. The number of ether oxygens (including phenoxy) is 1. The van der Waals surface area contributed by atoms with Crippen molar-refractivity contribution in [3.05, 3.63) is 59.1 Å². The van der Waals surface area contributed by atoms with Gasteiger partial charge in [0.1, 0.15) is 11.3 Å². The van der Waals surface area contributed by atoms with Crippen LogP contribution in [0, 0.1) is 0 Å². The lowest BCUT2D eigenvalue weighted by atomic mass is 10.1. The van der Waals surface area contributed by atoms with E-state index in [-0.39, 0.29) is 11.6 Å². The van der Waals surface area contributed by atoms with Crippen LogP contribution in [0.15, 0.2) is 48.5 Å². The molecule has 1 fully saturated rings. The number of hydrogen-bond acceptors (Lipinski definition) is 4. The molecule has 7 heteroatoms. The van der Waals surface area contributed by atoms with Crippen molar-refractivity contribution in [3.63, 3.8) is 0 Å². The van der Waals surface area contributed by atoms with Crippen LogP contribution in [-0.4, -0.2) is 39.7 Å². The highest BCUT2D eigenvalue weighted by Gasteiger charge is 2.30. The van der Waals surface area contributed by atoms with Gasteiger partial charge in [0.05, 0.1) is 5.52 Å². The van der Waals surface area contributed by atoms with Crippen LogP contribution in [0.2, 0.25) is 5.02 Å². The molecule has 27 heavy (non-hydrogen) atoms. The van der Waals surface area contributed by atoms with Crippen LogP contribution in [0.5, 0.6) is 11.6 Å². The number of rotatable bonds is 2. The highest BCUT2D eigenvalue weighted by atomic mass is 35.5. The maximum Gasteiger partial charge on any atom is 0.349 e. The average Bonchev–Trinajstić information content (AvgIpc) is 3.27. The first-order chi connectivity index (χ1) is 13.1. The van der Waals surface area contributed by atoms with Crippen molar-refractivity contribution in [2.24, 2.45) is 0 Å². The molecule has 2 heterocycles. The van der Waals surface area contributed by atoms with Gasteiger partial charge in [-0.1, -0.05) is 29.8 Å². The molecule has 1 saturated heterocycles. The number of para-hydroxylation sites is 1. The van der Waals surface area contributed by atoms with Crippen LogP contribution in [0.25, 0.3) is 10.9 Å². The summed E-state index contributed by atoms with van der Waals surface area (Å²) in [6.07, 6.45) is 1.83. The molecule has 0 radical (unpaired) electrons. The third-order valence-electron chi connectivity index (χ3n) is 4.63. The molecule has 2 aromatic carbocycles. The number of nitrogens with zero attached hydrogens (tertiary/aromatic N) is 2. The highest BCUT2D eigenvalue weighted by molar-refractivity contribution is 6.31. The monoisotopic (exact) mass is 384 g/mol. The Morgan fingerprint density at radius 3 is 2.44 bits per heavy atom. The molecule has 0 saturated carbocycles. The van der Waals surface area contributed by atoms with Crippen molar-refractivity contribution in [2.45, 2.75) is 12.8 Å². The van der Waals surface area contributed by atoms with Gasteiger partial charge in [0.25, 0.3) is 0 Å². The minimum absolute atomic E-state index is 0.0797. The molecule has 3 aromatic rings. The summed E-state index contributed by atoms with van der Waals surface area (Å²) in [6, 6.07) is 13.0. The maximum absolute atomic E-state index is 12.9. The van der Waals surface area contributed by atoms with Crippen LogP contribution in [-0.2, 0) is 0 Å². The number of carbonyl (C=O) groups is 2. The molecule has 1 N–H and O–H groups in total. The van der Waals surface area contributed by atoms with E-state index in [4.69, 9.17) is 16.3 Å². The second kappa shape index (κ2) is 6.96. The molecule has 138 valence electrons. The van der Waals surface area contributed by atoms with E-state index in [2.05, 4.69) is 0 Å². The van der Waals surface area contributed by atoms with E-state index in [1.807, 2.05) is 0 Å². The van der Waals surface area contributed by atoms with Crippen molar-refractivity contribution in [3.8, 4) is 11.6 Å². The molecule has 0 spiro atoms. The number of fused-ring (bicyclic) bond motifs is 1. The van der Waals surface area contributed by atoms with Crippen molar-refractivity contribution in [1.82, 2.24) is 9.47 Å². The van der Waals surface area contributed by atoms with Gasteiger partial charge in [-0.05, 0) is 43.2 Å². The minimum Gasteiger partial charge on any atom is -0.493 e. The van der Waals surface area contributed by atoms with Crippen LogP contribution in [0.4, 0.5) is 4.79 Å². The SMILES string of the molecule is O=C(Oc1ccccc1)c1c(O)n(C(=O)N2CCCC2)c2ccc(Cl)cc12. The summed E-state index contributed by atoms with van der Waals surface area (Å²) in [4.78, 5) is 27.3. The topological polar surface area (TPSA) is 71.8 Å². The van der Waals surface area contributed by atoms with E-state index >= 15 is 0 Å². The molecule has 1 aliphatic heterocycles. The van der Waals surface area contributed by atoms with E-state index in [1.165, 1.54) is 0 Å². The summed E-state index contributed by atoms with van der Waals surface area (Å²) in [5.74, 6) is -0.847. The number of aromatic nitrogens is 1. The Bertz CT molecular complexity index is 1020. The van der Waals surface area contributed by atoms with E-state index in [9.17, 15) is 14.7 Å². The van der Waals surface area contributed by atoms with Crippen molar-refractivity contribution < 1.29 is 19.4 Å². The lowest BCUT2D eigenvalue weighted by Gasteiger charge is -2.16. The summed E-state index contributed by atoms with van der Waals surface area (Å²) in [5.41, 5.74) is 0.331. The van der Waals surface area contributed by atoms with E-state index in [0.29, 0.717) is 34.8 Å². The summed E-state index contributed by atoms with van der Waals surface area (Å²) in [5, 5.41) is 11.5. The first-order valence-electron chi connectivity index (χ1n) is 8.65. The van der Waals surface area contributed by atoms with Gasteiger partial charge in [0.2, 0.25) is 5.88 Å². The number of aromatic hydroxyl groups is 1. The molecule has 1 amide bonds. The van der Waals surface area contributed by atoms with Gasteiger partial charge in [-0.2, -0.15) is 0 Å². The number of benzene rings is 2. The van der Waals surface area contributed by atoms with Crippen molar-refractivity contribution in [2.75, 3.05) is 13.1 Å². The van der Waals surface area contributed by atoms with Crippen LogP contribution >= 0.6 is 11.6 Å². The van der Waals surface area contributed by atoms with Gasteiger partial charge >= 0.3 is 12.0 Å². The van der Waals surface area contributed by atoms with Crippen LogP contribution < -0.4 is 4.74 Å². The summed E-state index contributed by atoms with van der Waals surface area (Å²) < 4.78 is 6.52. The number of esters is 1. The minimum atomic E-state index is -0.751. The first-order valence-corrected chi connectivity index (χ1v) is 9.03. The fourth-order valence-electron chi connectivity index (χ4n) is 3.34. The molecule has 0 aliphatic carbocycles. The zero-order valence-electron chi connectivity index (χ0n) is 14.4. The number of amides is 1. The highest BCUT2D eigenvalue weighted by Crippen LogP contribution is 2.34. The van der Waals surface area contributed by atoms with Gasteiger partial charge in [0.15, 0.2) is 0 Å². The molecule has 1 aromatic heterocycles. The molecule has 0 atom stereocenters. The fraction of sp³-hybridized carbons (Fsp3) is 0.200. The average molecular weight is 385 g/mol. The van der Waals surface area contributed by atoms with Gasteiger partial charge < -0.3 is 14.7 Å². The van der Waals surface area contributed by atoms with Crippen molar-refractivity contribution in [1.29, 1.82) is 0 Å². The van der Waals surface area contributed by atoms with Crippen molar-refractivity contribution >= 4 is 34.5 Å². The Balaban J connectivity index is 1.82. The second-order valence-electron chi connectivity index (χ2n) is 6.37. The largest absolute Gasteiger partial charge is 0.493 e. The number of halogens is 1. The fourth-order valence-corrected chi connectivity index (χ4v) is 3.51. The van der Waals surface area contributed by atoms with Gasteiger partial charge in [-0.25, -0.2) is 14.2 Å². The smallest absolute Gasteiger partial charge is 0.349 e.